The van der Waals surface area contributed by atoms with E-state index in [4.69, 9.17) is 4.74 Å². The third-order valence-electron chi connectivity index (χ3n) is 6.00. The molecule has 0 aliphatic carbocycles. The highest BCUT2D eigenvalue weighted by Crippen LogP contribution is 2.28. The van der Waals surface area contributed by atoms with Crippen molar-refractivity contribution < 1.29 is 13.9 Å². The van der Waals surface area contributed by atoms with Crippen molar-refractivity contribution >= 4 is 16.9 Å². The molecular weight excluding hydrogens is 373 g/mol. The number of fused-ring (bicyclic) bond motifs is 3. The van der Waals surface area contributed by atoms with Crippen molar-refractivity contribution in [2.24, 2.45) is 0 Å². The van der Waals surface area contributed by atoms with E-state index in [2.05, 4.69) is 27.2 Å². The fraction of sp³-hybridized carbons (Fsp3) is 0.381. The van der Waals surface area contributed by atoms with Gasteiger partial charge >= 0.3 is 0 Å². The van der Waals surface area contributed by atoms with Crippen LogP contribution in [0.15, 0.2) is 43.0 Å². The SMILES string of the molecule is CN1[C@@H]2COC[C@H]1CC(NC(=O)c1cn(-c3cccnc3)c3ncc(F)cc13)C2. The summed E-state index contributed by atoms with van der Waals surface area (Å²) in [6.45, 7) is 1.38. The van der Waals surface area contributed by atoms with Gasteiger partial charge < -0.3 is 10.1 Å². The summed E-state index contributed by atoms with van der Waals surface area (Å²) < 4.78 is 21.3. The van der Waals surface area contributed by atoms with Crippen molar-refractivity contribution in [3.05, 3.63) is 54.4 Å². The Balaban J connectivity index is 1.47. The minimum absolute atomic E-state index is 0.0657. The van der Waals surface area contributed by atoms with Gasteiger partial charge in [0, 0.05) is 35.9 Å². The van der Waals surface area contributed by atoms with E-state index >= 15 is 0 Å². The zero-order valence-corrected chi connectivity index (χ0v) is 16.1. The molecule has 1 unspecified atom stereocenters. The summed E-state index contributed by atoms with van der Waals surface area (Å²) in [5.74, 6) is -0.681. The number of pyridine rings is 2. The number of likely N-dealkylation sites (N-methyl/N-ethyl adjacent to an activating group) is 1. The summed E-state index contributed by atoms with van der Waals surface area (Å²) in [6, 6.07) is 5.73. The molecule has 2 aliphatic heterocycles. The lowest BCUT2D eigenvalue weighted by Gasteiger charge is -2.46. The molecule has 7 nitrogen and oxygen atoms in total. The maximum absolute atomic E-state index is 13.9. The molecule has 3 atom stereocenters. The lowest BCUT2D eigenvalue weighted by molar-refractivity contribution is -0.0670. The zero-order chi connectivity index (χ0) is 20.0. The van der Waals surface area contributed by atoms with Gasteiger partial charge in [-0.15, -0.1) is 0 Å². The van der Waals surface area contributed by atoms with Crippen molar-refractivity contribution in [3.8, 4) is 5.69 Å². The third-order valence-corrected chi connectivity index (χ3v) is 6.00. The Morgan fingerprint density at radius 2 is 2.07 bits per heavy atom. The first-order valence-electron chi connectivity index (χ1n) is 9.77. The third kappa shape index (κ3) is 3.28. The van der Waals surface area contributed by atoms with Crippen molar-refractivity contribution in [2.45, 2.75) is 31.0 Å². The molecule has 8 heteroatoms. The monoisotopic (exact) mass is 395 g/mol. The second kappa shape index (κ2) is 7.20. The van der Waals surface area contributed by atoms with Crippen LogP contribution in [0, 0.1) is 5.82 Å². The number of piperidine rings is 1. The lowest BCUT2D eigenvalue weighted by Crippen LogP contribution is -2.59. The van der Waals surface area contributed by atoms with Crippen LogP contribution in [0.3, 0.4) is 0 Å². The standard InChI is InChI=1S/C21H22FN5O2/c1-26-16-6-14(7-17(26)12-29-11-16)25-21(28)19-10-27(15-3-2-4-23-9-15)20-18(19)5-13(22)8-24-20/h2-5,8-10,14,16-17H,6-7,11-12H2,1H3,(H,25,28)/t14?,16-,17+. The Bertz CT molecular complexity index is 1040. The van der Waals surface area contributed by atoms with Gasteiger partial charge in [0.1, 0.15) is 11.5 Å². The molecule has 1 amide bonds. The average Bonchev–Trinajstić information content (AvgIpc) is 3.08. The van der Waals surface area contributed by atoms with E-state index in [9.17, 15) is 9.18 Å². The summed E-state index contributed by atoms with van der Waals surface area (Å²) in [7, 11) is 2.12. The summed E-state index contributed by atoms with van der Waals surface area (Å²) in [5.41, 5.74) is 1.70. The van der Waals surface area contributed by atoms with Crippen LogP contribution in [0.25, 0.3) is 16.7 Å². The van der Waals surface area contributed by atoms with E-state index < -0.39 is 5.82 Å². The van der Waals surface area contributed by atoms with Crippen molar-refractivity contribution in [1.29, 1.82) is 0 Å². The molecule has 2 aliphatic rings. The fourth-order valence-electron chi connectivity index (χ4n) is 4.43. The lowest BCUT2D eigenvalue weighted by atomic mass is 9.90. The Morgan fingerprint density at radius 1 is 1.28 bits per heavy atom. The number of halogens is 1. The molecule has 0 aromatic carbocycles. The molecule has 0 spiro atoms. The quantitative estimate of drug-likeness (QED) is 0.736. The van der Waals surface area contributed by atoms with Crippen molar-refractivity contribution in [3.63, 3.8) is 0 Å². The Labute approximate surface area is 167 Å². The molecular formula is C21H22FN5O2. The summed E-state index contributed by atoms with van der Waals surface area (Å²) in [6.07, 6.45) is 7.91. The molecule has 150 valence electrons. The minimum Gasteiger partial charge on any atom is -0.378 e. The van der Waals surface area contributed by atoms with Gasteiger partial charge in [-0.05, 0) is 38.1 Å². The topological polar surface area (TPSA) is 72.3 Å². The number of carbonyl (C=O) groups is 1. The van der Waals surface area contributed by atoms with Gasteiger partial charge in [0.2, 0.25) is 0 Å². The van der Waals surface area contributed by atoms with Gasteiger partial charge in [0.25, 0.3) is 5.91 Å². The predicted molar refractivity (Wildman–Crippen MR) is 105 cm³/mol. The second-order valence-corrected chi connectivity index (χ2v) is 7.80. The van der Waals surface area contributed by atoms with Gasteiger partial charge in [-0.3, -0.25) is 19.2 Å². The first-order valence-corrected chi connectivity index (χ1v) is 9.77. The number of ether oxygens (including phenoxy) is 1. The van der Waals surface area contributed by atoms with Gasteiger partial charge in [-0.2, -0.15) is 0 Å². The van der Waals surface area contributed by atoms with Crippen LogP contribution in [-0.2, 0) is 4.74 Å². The molecule has 2 saturated heterocycles. The van der Waals surface area contributed by atoms with E-state index in [0.29, 0.717) is 41.9 Å². The minimum atomic E-state index is -0.471. The number of aromatic nitrogens is 3. The molecule has 5 rings (SSSR count). The number of nitrogens with zero attached hydrogens (tertiary/aromatic N) is 4. The number of hydrogen-bond donors (Lipinski definition) is 1. The number of carbonyl (C=O) groups excluding carboxylic acids is 1. The first kappa shape index (κ1) is 18.2. The molecule has 0 saturated carbocycles. The largest absolute Gasteiger partial charge is 0.378 e. The fourth-order valence-corrected chi connectivity index (χ4v) is 4.43. The Hall–Kier alpha value is -2.84. The highest BCUT2D eigenvalue weighted by atomic mass is 19.1. The maximum Gasteiger partial charge on any atom is 0.253 e. The molecule has 3 aromatic heterocycles. The van der Waals surface area contributed by atoms with Crippen LogP contribution in [0.4, 0.5) is 4.39 Å². The van der Waals surface area contributed by atoms with E-state index in [0.717, 1.165) is 24.7 Å². The van der Waals surface area contributed by atoms with Crippen molar-refractivity contribution in [2.75, 3.05) is 20.3 Å². The number of nitrogens with one attached hydrogen (secondary N) is 1. The Kier molecular flexibility index (Phi) is 4.52. The molecule has 2 bridgehead atoms. The molecule has 2 fully saturated rings. The molecule has 3 aromatic rings. The summed E-state index contributed by atoms with van der Waals surface area (Å²) in [4.78, 5) is 23.8. The van der Waals surface area contributed by atoms with E-state index in [1.54, 1.807) is 23.2 Å². The molecule has 5 heterocycles. The average molecular weight is 395 g/mol. The molecule has 0 radical (unpaired) electrons. The van der Waals surface area contributed by atoms with Gasteiger partial charge in [0.15, 0.2) is 0 Å². The highest BCUT2D eigenvalue weighted by Gasteiger charge is 2.37. The van der Waals surface area contributed by atoms with Crippen LogP contribution in [0.5, 0.6) is 0 Å². The van der Waals surface area contributed by atoms with E-state index in [1.807, 2.05) is 12.1 Å². The van der Waals surface area contributed by atoms with Gasteiger partial charge in [0.05, 0.1) is 36.9 Å². The number of rotatable bonds is 3. The van der Waals surface area contributed by atoms with Gasteiger partial charge in [-0.1, -0.05) is 0 Å². The molecule has 29 heavy (non-hydrogen) atoms. The number of morpholine rings is 1. The first-order chi connectivity index (χ1) is 14.1. The Morgan fingerprint density at radius 3 is 2.79 bits per heavy atom. The van der Waals surface area contributed by atoms with Crippen LogP contribution < -0.4 is 5.32 Å². The van der Waals surface area contributed by atoms with Crippen LogP contribution >= 0.6 is 0 Å². The van der Waals surface area contributed by atoms with E-state index in [1.165, 1.54) is 6.07 Å². The normalized spacial score (nSPS) is 24.6. The van der Waals surface area contributed by atoms with Crippen LogP contribution in [0.1, 0.15) is 23.2 Å². The van der Waals surface area contributed by atoms with Crippen molar-refractivity contribution in [1.82, 2.24) is 24.8 Å². The molecule has 1 N–H and O–H groups in total. The zero-order valence-electron chi connectivity index (χ0n) is 16.1. The van der Waals surface area contributed by atoms with Gasteiger partial charge in [-0.25, -0.2) is 9.37 Å². The van der Waals surface area contributed by atoms with Crippen LogP contribution in [0.2, 0.25) is 0 Å². The predicted octanol–water partition coefficient (Wildman–Crippen LogP) is 2.15. The van der Waals surface area contributed by atoms with Crippen LogP contribution in [-0.4, -0.2) is 63.7 Å². The summed E-state index contributed by atoms with van der Waals surface area (Å²) >= 11 is 0. The summed E-state index contributed by atoms with van der Waals surface area (Å²) in [5, 5.41) is 3.65. The number of hydrogen-bond acceptors (Lipinski definition) is 5. The number of amides is 1. The smallest absolute Gasteiger partial charge is 0.253 e. The maximum atomic E-state index is 13.9. The second-order valence-electron chi connectivity index (χ2n) is 7.80. The van der Waals surface area contributed by atoms with E-state index in [-0.39, 0.29) is 11.9 Å². The highest BCUT2D eigenvalue weighted by molar-refractivity contribution is 6.06.